The van der Waals surface area contributed by atoms with E-state index < -0.39 is 5.97 Å². The highest BCUT2D eigenvalue weighted by atomic mass is 32.1. The molecule has 0 saturated heterocycles. The predicted octanol–water partition coefficient (Wildman–Crippen LogP) is 6.83. The second kappa shape index (κ2) is 9.81. The fraction of sp³-hybridized carbons (Fsp3) is 0.259. The van der Waals surface area contributed by atoms with Gasteiger partial charge in [-0.15, -0.1) is 11.3 Å². The van der Waals surface area contributed by atoms with Gasteiger partial charge in [-0.25, -0.2) is 9.18 Å². The van der Waals surface area contributed by atoms with Crippen molar-refractivity contribution < 1.29 is 18.7 Å². The molecule has 0 unspecified atom stereocenters. The van der Waals surface area contributed by atoms with Crippen LogP contribution in [0.15, 0.2) is 47.8 Å². The summed E-state index contributed by atoms with van der Waals surface area (Å²) in [6, 6.07) is 12.2. The molecule has 1 N–H and O–H groups in total. The lowest BCUT2D eigenvalue weighted by Crippen LogP contribution is -2.19. The average Bonchev–Trinajstić information content (AvgIpc) is 3.37. The summed E-state index contributed by atoms with van der Waals surface area (Å²) in [5.74, 6) is -1.18. The van der Waals surface area contributed by atoms with Crippen molar-refractivity contribution in [2.45, 2.75) is 40.7 Å². The van der Waals surface area contributed by atoms with Gasteiger partial charge in [0.05, 0.1) is 6.61 Å². The SMILES string of the molecule is CCOC(=O)c1c(-c2ccc(F)cc2)csc1NC(=O)c1c(C)c2cc(CC)ccc2n1CC. The summed E-state index contributed by atoms with van der Waals surface area (Å²) in [6.07, 6.45) is 0.915. The van der Waals surface area contributed by atoms with Gasteiger partial charge in [0.25, 0.3) is 5.91 Å². The van der Waals surface area contributed by atoms with E-state index in [1.165, 1.54) is 29.0 Å². The Kier molecular flexibility index (Phi) is 6.84. The second-order valence-corrected chi connectivity index (χ2v) is 8.84. The van der Waals surface area contributed by atoms with Crippen molar-refractivity contribution >= 4 is 39.1 Å². The second-order valence-electron chi connectivity index (χ2n) is 7.96. The van der Waals surface area contributed by atoms with Crippen molar-refractivity contribution in [1.29, 1.82) is 0 Å². The minimum absolute atomic E-state index is 0.202. The number of halogens is 1. The fourth-order valence-electron chi connectivity index (χ4n) is 4.27. The maximum atomic E-state index is 13.5. The number of carbonyl (C=O) groups is 2. The molecule has 1 amide bonds. The average molecular weight is 479 g/mol. The van der Waals surface area contributed by atoms with Crippen LogP contribution in [0, 0.1) is 12.7 Å². The molecule has 5 nitrogen and oxygen atoms in total. The molecule has 0 atom stereocenters. The van der Waals surface area contributed by atoms with Crippen molar-refractivity contribution in [2.24, 2.45) is 0 Å². The van der Waals surface area contributed by atoms with Crippen LogP contribution < -0.4 is 5.32 Å². The van der Waals surface area contributed by atoms with Gasteiger partial charge in [-0.1, -0.05) is 25.1 Å². The van der Waals surface area contributed by atoms with Crippen LogP contribution >= 0.6 is 11.3 Å². The van der Waals surface area contributed by atoms with E-state index in [0.29, 0.717) is 28.4 Å². The number of hydrogen-bond acceptors (Lipinski definition) is 4. The normalized spacial score (nSPS) is 11.1. The Morgan fingerprint density at radius 2 is 1.82 bits per heavy atom. The summed E-state index contributed by atoms with van der Waals surface area (Å²) in [5, 5.41) is 6.20. The van der Waals surface area contributed by atoms with Crippen molar-refractivity contribution in [1.82, 2.24) is 4.57 Å². The van der Waals surface area contributed by atoms with Crippen LogP contribution in [-0.4, -0.2) is 23.1 Å². The fourth-order valence-corrected chi connectivity index (χ4v) is 5.22. The van der Waals surface area contributed by atoms with E-state index in [1.54, 1.807) is 24.4 Å². The van der Waals surface area contributed by atoms with Gasteiger partial charge in [0, 0.05) is 28.4 Å². The smallest absolute Gasteiger partial charge is 0.341 e. The molecule has 0 aliphatic carbocycles. The Bertz CT molecular complexity index is 1370. The molecule has 0 spiro atoms. The Balaban J connectivity index is 1.78. The topological polar surface area (TPSA) is 60.3 Å². The highest BCUT2D eigenvalue weighted by Crippen LogP contribution is 2.37. The summed E-state index contributed by atoms with van der Waals surface area (Å²) < 4.78 is 20.7. The van der Waals surface area contributed by atoms with Gasteiger partial charge in [0.1, 0.15) is 22.1 Å². The molecule has 2 heterocycles. The van der Waals surface area contributed by atoms with Crippen LogP contribution in [0.3, 0.4) is 0 Å². The number of aromatic nitrogens is 1. The maximum Gasteiger partial charge on any atom is 0.341 e. The van der Waals surface area contributed by atoms with E-state index in [9.17, 15) is 14.0 Å². The minimum Gasteiger partial charge on any atom is -0.462 e. The third-order valence-electron chi connectivity index (χ3n) is 5.97. The summed E-state index contributed by atoms with van der Waals surface area (Å²) in [4.78, 5) is 26.4. The molecule has 4 aromatic rings. The number of benzene rings is 2. The number of fused-ring (bicyclic) bond motifs is 1. The lowest BCUT2D eigenvalue weighted by Gasteiger charge is -2.11. The third-order valence-corrected chi connectivity index (χ3v) is 6.87. The first-order valence-corrected chi connectivity index (χ1v) is 12.2. The van der Waals surface area contributed by atoms with Gasteiger partial charge in [-0.2, -0.15) is 0 Å². The van der Waals surface area contributed by atoms with Crippen molar-refractivity contribution in [3.05, 3.63) is 76.0 Å². The highest BCUT2D eigenvalue weighted by Gasteiger charge is 2.26. The molecule has 7 heteroatoms. The lowest BCUT2D eigenvalue weighted by molar-refractivity contribution is 0.0529. The summed E-state index contributed by atoms with van der Waals surface area (Å²) in [7, 11) is 0. The zero-order chi connectivity index (χ0) is 24.4. The first-order valence-electron chi connectivity index (χ1n) is 11.4. The van der Waals surface area contributed by atoms with Crippen LogP contribution in [0.2, 0.25) is 0 Å². The molecule has 0 fully saturated rings. The Morgan fingerprint density at radius 3 is 2.47 bits per heavy atom. The van der Waals surface area contributed by atoms with E-state index in [1.807, 2.05) is 18.4 Å². The molecule has 0 aliphatic heterocycles. The van der Waals surface area contributed by atoms with E-state index in [0.717, 1.165) is 22.9 Å². The van der Waals surface area contributed by atoms with Crippen LogP contribution in [0.25, 0.3) is 22.0 Å². The zero-order valence-corrected chi connectivity index (χ0v) is 20.5. The Hall–Kier alpha value is -3.45. The Labute approximate surface area is 202 Å². The number of hydrogen-bond donors (Lipinski definition) is 1. The Morgan fingerprint density at radius 1 is 1.09 bits per heavy atom. The van der Waals surface area contributed by atoms with E-state index in [2.05, 4.69) is 30.4 Å². The molecule has 2 aromatic heterocycles. The number of carbonyl (C=O) groups excluding carboxylic acids is 2. The number of anilines is 1. The quantitative estimate of drug-likeness (QED) is 0.296. The minimum atomic E-state index is -0.529. The van der Waals surface area contributed by atoms with Crippen LogP contribution in [0.4, 0.5) is 9.39 Å². The first-order chi connectivity index (χ1) is 16.4. The summed E-state index contributed by atoms with van der Waals surface area (Å²) in [5.41, 5.74) is 5.23. The molecule has 4 rings (SSSR count). The van der Waals surface area contributed by atoms with E-state index in [-0.39, 0.29) is 23.9 Å². The molecule has 0 saturated carbocycles. The number of ether oxygens (including phenoxy) is 1. The molecule has 176 valence electrons. The highest BCUT2D eigenvalue weighted by molar-refractivity contribution is 7.15. The molecular formula is C27H27FN2O3S. The number of amides is 1. The third kappa shape index (κ3) is 4.23. The number of esters is 1. The maximum absolute atomic E-state index is 13.5. The van der Waals surface area contributed by atoms with Crippen molar-refractivity contribution in [2.75, 3.05) is 11.9 Å². The van der Waals surface area contributed by atoms with Gasteiger partial charge >= 0.3 is 5.97 Å². The number of rotatable bonds is 7. The standard InChI is InChI=1S/C27H27FN2O3S/c1-5-17-8-13-22-20(14-17)16(4)24(30(22)6-2)25(31)29-26-23(27(32)33-7-3)21(15-34-26)18-9-11-19(28)12-10-18/h8-15H,5-7H2,1-4H3,(H,29,31). The predicted molar refractivity (Wildman–Crippen MR) is 135 cm³/mol. The number of nitrogens with one attached hydrogen (secondary N) is 1. The first kappa shape index (κ1) is 23.7. The summed E-state index contributed by atoms with van der Waals surface area (Å²) >= 11 is 1.25. The monoisotopic (exact) mass is 478 g/mol. The molecule has 0 radical (unpaired) electrons. The van der Waals surface area contributed by atoms with Gasteiger partial charge in [0.2, 0.25) is 0 Å². The van der Waals surface area contributed by atoms with Crippen LogP contribution in [-0.2, 0) is 17.7 Å². The van der Waals surface area contributed by atoms with Crippen LogP contribution in [0.1, 0.15) is 52.7 Å². The van der Waals surface area contributed by atoms with Gasteiger partial charge < -0.3 is 14.6 Å². The van der Waals surface area contributed by atoms with Gasteiger partial charge in [-0.3, -0.25) is 4.79 Å². The molecule has 0 aliphatic rings. The largest absolute Gasteiger partial charge is 0.462 e. The van der Waals surface area contributed by atoms with E-state index >= 15 is 0 Å². The van der Waals surface area contributed by atoms with Crippen molar-refractivity contribution in [3.8, 4) is 11.1 Å². The van der Waals surface area contributed by atoms with Gasteiger partial charge in [-0.05, 0) is 68.1 Å². The number of aryl methyl sites for hydroxylation is 3. The van der Waals surface area contributed by atoms with Gasteiger partial charge in [0.15, 0.2) is 0 Å². The molecular weight excluding hydrogens is 451 g/mol. The van der Waals surface area contributed by atoms with Crippen molar-refractivity contribution in [3.63, 3.8) is 0 Å². The molecule has 34 heavy (non-hydrogen) atoms. The molecule has 0 bridgehead atoms. The van der Waals surface area contributed by atoms with Crippen LogP contribution in [0.5, 0.6) is 0 Å². The number of nitrogens with zero attached hydrogens (tertiary/aromatic N) is 1. The summed E-state index contributed by atoms with van der Waals surface area (Å²) in [6.45, 7) is 8.63. The molecule has 2 aromatic carbocycles. The lowest BCUT2D eigenvalue weighted by atomic mass is 10.0. The van der Waals surface area contributed by atoms with E-state index in [4.69, 9.17) is 4.74 Å². The number of thiophene rings is 1. The zero-order valence-electron chi connectivity index (χ0n) is 19.7.